The van der Waals surface area contributed by atoms with E-state index in [0.717, 1.165) is 47.2 Å². The summed E-state index contributed by atoms with van der Waals surface area (Å²) < 4.78 is 5.28. The maximum Gasteiger partial charge on any atom is 0.325 e. The summed E-state index contributed by atoms with van der Waals surface area (Å²) in [5, 5.41) is 4.77. The van der Waals surface area contributed by atoms with Gasteiger partial charge in [0.2, 0.25) is 5.91 Å². The van der Waals surface area contributed by atoms with Gasteiger partial charge in [0.05, 0.1) is 7.11 Å². The second-order valence-corrected chi connectivity index (χ2v) is 9.72. The third-order valence-corrected chi connectivity index (χ3v) is 7.76. The van der Waals surface area contributed by atoms with Crippen molar-refractivity contribution in [3.8, 4) is 5.75 Å². The quantitative estimate of drug-likeness (QED) is 0.721. The average molecular weight is 450 g/mol. The number of urea groups is 1. The highest BCUT2D eigenvalue weighted by atomic mass is 16.5. The number of likely N-dealkylation sites (tertiary alicyclic amines) is 1. The van der Waals surface area contributed by atoms with Gasteiger partial charge in [-0.1, -0.05) is 31.0 Å². The number of hydrogen-bond acceptors (Lipinski definition) is 4. The molecule has 0 unspecified atom stereocenters. The van der Waals surface area contributed by atoms with Crippen LogP contribution in [-0.2, 0) is 15.1 Å². The molecule has 5 rings (SSSR count). The van der Waals surface area contributed by atoms with Crippen LogP contribution in [0.15, 0.2) is 36.4 Å². The highest BCUT2D eigenvalue weighted by Gasteiger charge is 2.50. The minimum absolute atomic E-state index is 0.120. The molecule has 3 aliphatic rings. The fraction of sp³-hybridized carbons (Fsp3) is 0.500. The minimum atomic E-state index is -1.21. The van der Waals surface area contributed by atoms with Crippen LogP contribution in [-0.4, -0.2) is 53.9 Å². The molecule has 0 bridgehead atoms. The number of benzene rings is 2. The van der Waals surface area contributed by atoms with Gasteiger partial charge < -0.3 is 15.0 Å². The molecule has 2 aromatic rings. The zero-order valence-corrected chi connectivity index (χ0v) is 19.3. The Labute approximate surface area is 194 Å². The summed E-state index contributed by atoms with van der Waals surface area (Å²) in [6, 6.07) is 11.2. The number of nitrogens with one attached hydrogen (secondary N) is 1. The third-order valence-electron chi connectivity index (χ3n) is 7.76. The zero-order chi connectivity index (χ0) is 23.2. The minimum Gasteiger partial charge on any atom is -0.497 e. The standard InChI is InChI=1S/C26H31N3O4/c1-26(20-11-9-19-15-21(33-2)12-10-18(19)14-20)24(31)29(25(32)27-26)16-23(30)28-13-5-7-17-6-3-4-8-22(17)28/h9-12,14-15,17,22H,3-8,13,16H2,1-2H3,(H,27,32)/t17-,22-,26-/m0/s1. The largest absolute Gasteiger partial charge is 0.497 e. The molecule has 2 heterocycles. The molecule has 0 radical (unpaired) electrons. The Kier molecular flexibility index (Phi) is 5.51. The van der Waals surface area contributed by atoms with E-state index >= 15 is 0 Å². The smallest absolute Gasteiger partial charge is 0.325 e. The van der Waals surface area contributed by atoms with Crippen molar-refractivity contribution in [3.05, 3.63) is 42.0 Å². The molecular weight excluding hydrogens is 418 g/mol. The third kappa shape index (κ3) is 3.73. The second-order valence-electron chi connectivity index (χ2n) is 9.72. The lowest BCUT2D eigenvalue weighted by molar-refractivity contribution is -0.142. The molecule has 4 amide bonds. The van der Waals surface area contributed by atoms with E-state index in [1.165, 1.54) is 19.3 Å². The number of nitrogens with zero attached hydrogens (tertiary/aromatic N) is 2. The van der Waals surface area contributed by atoms with E-state index in [9.17, 15) is 14.4 Å². The number of hydrogen-bond donors (Lipinski definition) is 1. The molecule has 7 nitrogen and oxygen atoms in total. The number of ether oxygens (including phenoxy) is 1. The Balaban J connectivity index is 1.36. The van der Waals surface area contributed by atoms with Gasteiger partial charge in [-0.05, 0) is 73.1 Å². The average Bonchev–Trinajstić information content (AvgIpc) is 3.06. The van der Waals surface area contributed by atoms with E-state index in [1.54, 1.807) is 14.0 Å². The van der Waals surface area contributed by atoms with Crippen LogP contribution in [0, 0.1) is 5.92 Å². The van der Waals surface area contributed by atoms with Gasteiger partial charge in [0.15, 0.2) is 0 Å². The van der Waals surface area contributed by atoms with Gasteiger partial charge in [-0.25, -0.2) is 4.79 Å². The van der Waals surface area contributed by atoms with Gasteiger partial charge in [0.1, 0.15) is 17.8 Å². The van der Waals surface area contributed by atoms with Crippen molar-refractivity contribution in [1.82, 2.24) is 15.1 Å². The Bertz CT molecular complexity index is 1110. The number of carbonyl (C=O) groups excluding carboxylic acids is 3. The summed E-state index contributed by atoms with van der Waals surface area (Å²) in [6.45, 7) is 2.23. The van der Waals surface area contributed by atoms with Crippen LogP contribution >= 0.6 is 0 Å². The summed E-state index contributed by atoms with van der Waals surface area (Å²) >= 11 is 0. The number of amides is 4. The molecule has 0 aromatic heterocycles. The molecule has 2 saturated heterocycles. The molecule has 174 valence electrons. The van der Waals surface area contributed by atoms with Crippen molar-refractivity contribution in [2.75, 3.05) is 20.2 Å². The van der Waals surface area contributed by atoms with E-state index in [0.29, 0.717) is 11.5 Å². The van der Waals surface area contributed by atoms with Gasteiger partial charge in [-0.3, -0.25) is 14.5 Å². The number of carbonyl (C=O) groups is 3. The van der Waals surface area contributed by atoms with Crippen molar-refractivity contribution < 1.29 is 19.1 Å². The predicted octanol–water partition coefficient (Wildman–Crippen LogP) is 3.80. The first-order valence-electron chi connectivity index (χ1n) is 11.9. The second kappa shape index (κ2) is 8.36. The molecule has 7 heteroatoms. The molecule has 3 fully saturated rings. The van der Waals surface area contributed by atoms with Crippen LogP contribution in [0.1, 0.15) is 51.0 Å². The van der Waals surface area contributed by atoms with Gasteiger partial charge >= 0.3 is 6.03 Å². The maximum atomic E-state index is 13.4. The van der Waals surface area contributed by atoms with Gasteiger partial charge in [0.25, 0.3) is 5.91 Å². The summed E-state index contributed by atoms with van der Waals surface area (Å²) in [7, 11) is 1.62. The fourth-order valence-electron chi connectivity index (χ4n) is 5.86. The number of piperidine rings is 1. The van der Waals surface area contributed by atoms with Crippen LogP contribution in [0.25, 0.3) is 10.8 Å². The molecule has 2 aromatic carbocycles. The van der Waals surface area contributed by atoms with Crippen molar-refractivity contribution in [2.45, 2.75) is 57.0 Å². The van der Waals surface area contributed by atoms with Crippen molar-refractivity contribution in [1.29, 1.82) is 0 Å². The Morgan fingerprint density at radius 2 is 1.79 bits per heavy atom. The molecule has 33 heavy (non-hydrogen) atoms. The Morgan fingerprint density at radius 1 is 1.06 bits per heavy atom. The van der Waals surface area contributed by atoms with Crippen molar-refractivity contribution in [2.24, 2.45) is 5.92 Å². The van der Waals surface area contributed by atoms with Crippen LogP contribution in [0.3, 0.4) is 0 Å². The SMILES string of the molecule is COc1ccc2cc([C@]3(C)NC(=O)N(CC(=O)N4CCC[C@@H]5CCCC[C@@H]54)C3=O)ccc2c1. The molecule has 1 aliphatic carbocycles. The summed E-state index contributed by atoms with van der Waals surface area (Å²) in [5.74, 6) is 0.811. The van der Waals surface area contributed by atoms with E-state index in [1.807, 2.05) is 41.3 Å². The van der Waals surface area contributed by atoms with Gasteiger partial charge in [-0.15, -0.1) is 0 Å². The lowest BCUT2D eigenvalue weighted by Gasteiger charge is -2.44. The normalized spacial score (nSPS) is 27.5. The lowest BCUT2D eigenvalue weighted by atomic mass is 9.78. The molecule has 2 aliphatic heterocycles. The first kappa shape index (κ1) is 21.7. The maximum absolute atomic E-state index is 13.4. The van der Waals surface area contributed by atoms with Crippen LogP contribution in [0.2, 0.25) is 0 Å². The fourth-order valence-corrected chi connectivity index (χ4v) is 5.86. The number of rotatable bonds is 4. The number of imide groups is 1. The predicted molar refractivity (Wildman–Crippen MR) is 125 cm³/mol. The number of fused-ring (bicyclic) bond motifs is 2. The van der Waals surface area contributed by atoms with Crippen LogP contribution < -0.4 is 10.1 Å². The Hall–Kier alpha value is -3.09. The van der Waals surface area contributed by atoms with Crippen molar-refractivity contribution in [3.63, 3.8) is 0 Å². The van der Waals surface area contributed by atoms with E-state index in [4.69, 9.17) is 4.74 Å². The molecule has 0 spiro atoms. The first-order chi connectivity index (χ1) is 15.9. The van der Waals surface area contributed by atoms with E-state index < -0.39 is 11.6 Å². The van der Waals surface area contributed by atoms with Gasteiger partial charge in [-0.2, -0.15) is 0 Å². The summed E-state index contributed by atoms with van der Waals surface area (Å²) in [5.41, 5.74) is -0.514. The van der Waals surface area contributed by atoms with Gasteiger partial charge in [0, 0.05) is 12.6 Å². The first-order valence-corrected chi connectivity index (χ1v) is 11.9. The number of methoxy groups -OCH3 is 1. The summed E-state index contributed by atoms with van der Waals surface area (Å²) in [6.07, 6.45) is 6.73. The highest BCUT2D eigenvalue weighted by Crippen LogP contribution is 2.36. The zero-order valence-electron chi connectivity index (χ0n) is 19.3. The monoisotopic (exact) mass is 449 g/mol. The molecule has 1 N–H and O–H groups in total. The lowest BCUT2D eigenvalue weighted by Crippen LogP contribution is -2.53. The van der Waals surface area contributed by atoms with E-state index in [-0.39, 0.29) is 24.4 Å². The van der Waals surface area contributed by atoms with Crippen LogP contribution in [0.5, 0.6) is 5.75 Å². The molecular formula is C26H31N3O4. The van der Waals surface area contributed by atoms with Crippen molar-refractivity contribution >= 4 is 28.6 Å². The highest BCUT2D eigenvalue weighted by molar-refractivity contribution is 6.09. The Morgan fingerprint density at radius 3 is 2.61 bits per heavy atom. The van der Waals surface area contributed by atoms with Crippen LogP contribution in [0.4, 0.5) is 4.79 Å². The van der Waals surface area contributed by atoms with E-state index in [2.05, 4.69) is 5.32 Å². The molecule has 1 saturated carbocycles. The molecule has 3 atom stereocenters. The topological polar surface area (TPSA) is 79.0 Å². The summed E-state index contributed by atoms with van der Waals surface area (Å²) in [4.78, 5) is 42.5.